The summed E-state index contributed by atoms with van der Waals surface area (Å²) in [6, 6.07) is 0. The van der Waals surface area contributed by atoms with E-state index in [2.05, 4.69) is 20.3 Å². The van der Waals surface area contributed by atoms with Gasteiger partial charge in [-0.3, -0.25) is 0 Å². The molecule has 2 heterocycles. The number of aryl methyl sites for hydroxylation is 1. The summed E-state index contributed by atoms with van der Waals surface area (Å²) >= 11 is 0. The van der Waals surface area contributed by atoms with Gasteiger partial charge in [-0.15, -0.1) is 0 Å². The highest BCUT2D eigenvalue weighted by molar-refractivity contribution is 5.42. The van der Waals surface area contributed by atoms with Crippen LogP contribution in [0, 0.1) is 6.92 Å². The Morgan fingerprint density at radius 1 is 1.32 bits per heavy atom. The Kier molecular flexibility index (Phi) is 3.84. The fourth-order valence-corrected chi connectivity index (χ4v) is 1.66. The molecule has 3 N–H and O–H groups in total. The molecule has 0 saturated carbocycles. The molecule has 0 aliphatic heterocycles. The maximum absolute atomic E-state index is 5.68. The quantitative estimate of drug-likeness (QED) is 0.841. The lowest BCUT2D eigenvalue weighted by atomic mass is 10.2. The van der Waals surface area contributed by atoms with E-state index in [9.17, 15) is 0 Å². The Balaban J connectivity index is 2.18. The van der Waals surface area contributed by atoms with Crippen LogP contribution >= 0.6 is 0 Å². The summed E-state index contributed by atoms with van der Waals surface area (Å²) < 4.78 is 5.15. The summed E-state index contributed by atoms with van der Waals surface area (Å²) in [6.45, 7) is 5.35. The molecule has 2 aromatic heterocycles. The highest BCUT2D eigenvalue weighted by atomic mass is 16.3. The van der Waals surface area contributed by atoms with E-state index in [4.69, 9.17) is 10.2 Å². The molecule has 0 aliphatic rings. The molecule has 102 valence electrons. The molecule has 19 heavy (non-hydrogen) atoms. The van der Waals surface area contributed by atoms with E-state index in [1.807, 2.05) is 25.8 Å². The van der Waals surface area contributed by atoms with Crippen molar-refractivity contribution in [1.82, 2.24) is 15.0 Å². The molecule has 0 amide bonds. The molecule has 0 unspecified atom stereocenters. The standard InChI is InChI=1S/C12H18N6O/c1-4-14-11-15-10(13)16-12(17-11)18(3)5-9-7-19-6-8(9)2/h6-7H,4-5H2,1-3H3,(H3,13,14,15,16,17). The maximum atomic E-state index is 5.68. The topological polar surface area (TPSA) is 93.1 Å². The molecule has 0 fully saturated rings. The lowest BCUT2D eigenvalue weighted by Gasteiger charge is -2.17. The third-order valence-electron chi connectivity index (χ3n) is 2.69. The lowest BCUT2D eigenvalue weighted by Crippen LogP contribution is -2.21. The molecule has 0 saturated heterocycles. The van der Waals surface area contributed by atoms with Gasteiger partial charge in [0.1, 0.15) is 0 Å². The molecular weight excluding hydrogens is 244 g/mol. The van der Waals surface area contributed by atoms with Gasteiger partial charge in [-0.1, -0.05) is 0 Å². The zero-order valence-electron chi connectivity index (χ0n) is 11.3. The van der Waals surface area contributed by atoms with Gasteiger partial charge in [0.05, 0.1) is 12.5 Å². The van der Waals surface area contributed by atoms with Crippen LogP contribution < -0.4 is 16.0 Å². The van der Waals surface area contributed by atoms with Crippen LogP contribution in [0.1, 0.15) is 18.1 Å². The summed E-state index contributed by atoms with van der Waals surface area (Å²) in [4.78, 5) is 14.4. The number of nitrogen functional groups attached to an aromatic ring is 1. The van der Waals surface area contributed by atoms with Gasteiger partial charge in [-0.25, -0.2) is 0 Å². The van der Waals surface area contributed by atoms with E-state index < -0.39 is 0 Å². The first-order valence-electron chi connectivity index (χ1n) is 6.08. The van der Waals surface area contributed by atoms with Gasteiger partial charge in [0.25, 0.3) is 0 Å². The van der Waals surface area contributed by atoms with E-state index in [1.165, 1.54) is 0 Å². The fourth-order valence-electron chi connectivity index (χ4n) is 1.66. The molecule has 0 bridgehead atoms. The Morgan fingerprint density at radius 3 is 2.74 bits per heavy atom. The first kappa shape index (κ1) is 13.1. The summed E-state index contributed by atoms with van der Waals surface area (Å²) in [5, 5.41) is 3.03. The Morgan fingerprint density at radius 2 is 2.11 bits per heavy atom. The number of nitrogens with two attached hydrogens (primary N) is 1. The third kappa shape index (κ3) is 3.12. The van der Waals surface area contributed by atoms with Gasteiger partial charge in [-0.05, 0) is 19.4 Å². The van der Waals surface area contributed by atoms with Gasteiger partial charge >= 0.3 is 0 Å². The van der Waals surface area contributed by atoms with Crippen molar-refractivity contribution < 1.29 is 4.42 Å². The van der Waals surface area contributed by atoms with Gasteiger partial charge < -0.3 is 20.4 Å². The normalized spacial score (nSPS) is 10.5. The Bertz CT molecular complexity index is 553. The predicted octanol–water partition coefficient (Wildman–Crippen LogP) is 1.42. The molecule has 2 aromatic rings. The maximum Gasteiger partial charge on any atom is 0.231 e. The average molecular weight is 262 g/mol. The molecule has 7 heteroatoms. The van der Waals surface area contributed by atoms with Gasteiger partial charge in [0.2, 0.25) is 17.8 Å². The zero-order chi connectivity index (χ0) is 13.8. The van der Waals surface area contributed by atoms with Crippen molar-refractivity contribution in [3.8, 4) is 0 Å². The minimum Gasteiger partial charge on any atom is -0.472 e. The summed E-state index contributed by atoms with van der Waals surface area (Å²) in [7, 11) is 1.90. The smallest absolute Gasteiger partial charge is 0.231 e. The van der Waals surface area contributed by atoms with Gasteiger partial charge in [-0.2, -0.15) is 15.0 Å². The first-order valence-corrected chi connectivity index (χ1v) is 6.08. The number of nitrogens with zero attached hydrogens (tertiary/aromatic N) is 4. The van der Waals surface area contributed by atoms with E-state index in [-0.39, 0.29) is 5.95 Å². The second-order valence-corrected chi connectivity index (χ2v) is 4.28. The number of hydrogen-bond donors (Lipinski definition) is 2. The highest BCUT2D eigenvalue weighted by Gasteiger charge is 2.11. The van der Waals surface area contributed by atoms with Crippen LogP contribution in [0.15, 0.2) is 16.9 Å². The molecule has 2 rings (SSSR count). The SMILES string of the molecule is CCNc1nc(N)nc(N(C)Cc2cocc2C)n1. The monoisotopic (exact) mass is 262 g/mol. The van der Waals surface area contributed by atoms with E-state index >= 15 is 0 Å². The third-order valence-corrected chi connectivity index (χ3v) is 2.69. The zero-order valence-corrected chi connectivity index (χ0v) is 11.3. The van der Waals surface area contributed by atoms with Crippen molar-refractivity contribution in [3.05, 3.63) is 23.7 Å². The number of furan rings is 1. The van der Waals surface area contributed by atoms with Gasteiger partial charge in [0.15, 0.2) is 0 Å². The first-order chi connectivity index (χ1) is 9.10. The average Bonchev–Trinajstić information content (AvgIpc) is 2.75. The van der Waals surface area contributed by atoms with Crippen molar-refractivity contribution in [2.45, 2.75) is 20.4 Å². The van der Waals surface area contributed by atoms with Crippen molar-refractivity contribution in [3.63, 3.8) is 0 Å². The molecule has 0 aromatic carbocycles. The van der Waals surface area contributed by atoms with Crippen LogP contribution in [0.5, 0.6) is 0 Å². The molecule has 0 radical (unpaired) electrons. The van der Waals surface area contributed by atoms with Crippen molar-refractivity contribution in [2.75, 3.05) is 29.5 Å². The fraction of sp³-hybridized carbons (Fsp3) is 0.417. The van der Waals surface area contributed by atoms with E-state index in [0.717, 1.165) is 17.7 Å². The lowest BCUT2D eigenvalue weighted by molar-refractivity contribution is 0.562. The van der Waals surface area contributed by atoms with E-state index in [0.29, 0.717) is 18.4 Å². The summed E-state index contributed by atoms with van der Waals surface area (Å²) in [5.41, 5.74) is 7.87. The number of rotatable bonds is 5. The summed E-state index contributed by atoms with van der Waals surface area (Å²) in [6.07, 6.45) is 3.44. The van der Waals surface area contributed by atoms with E-state index in [1.54, 1.807) is 12.5 Å². The minimum absolute atomic E-state index is 0.205. The predicted molar refractivity (Wildman–Crippen MR) is 74.0 cm³/mol. The largest absolute Gasteiger partial charge is 0.472 e. The van der Waals surface area contributed by atoms with Crippen LogP contribution in [0.25, 0.3) is 0 Å². The molecule has 0 aliphatic carbocycles. The number of hydrogen-bond acceptors (Lipinski definition) is 7. The molecule has 7 nitrogen and oxygen atoms in total. The summed E-state index contributed by atoms with van der Waals surface area (Å²) in [5.74, 6) is 1.22. The van der Waals surface area contributed by atoms with Crippen LogP contribution in [0.2, 0.25) is 0 Å². The Labute approximate surface area is 111 Å². The highest BCUT2D eigenvalue weighted by Crippen LogP contribution is 2.16. The van der Waals surface area contributed by atoms with Crippen LogP contribution in [0.3, 0.4) is 0 Å². The van der Waals surface area contributed by atoms with Crippen LogP contribution in [-0.4, -0.2) is 28.5 Å². The van der Waals surface area contributed by atoms with Crippen molar-refractivity contribution in [2.24, 2.45) is 0 Å². The van der Waals surface area contributed by atoms with Crippen LogP contribution in [0.4, 0.5) is 17.8 Å². The minimum atomic E-state index is 0.205. The number of aromatic nitrogens is 3. The van der Waals surface area contributed by atoms with Crippen LogP contribution in [-0.2, 0) is 6.54 Å². The molecular formula is C12H18N6O. The Hall–Kier alpha value is -2.31. The number of nitrogens with one attached hydrogen (secondary N) is 1. The second kappa shape index (κ2) is 5.55. The molecule has 0 atom stereocenters. The van der Waals surface area contributed by atoms with Crippen molar-refractivity contribution in [1.29, 1.82) is 0 Å². The number of anilines is 3. The van der Waals surface area contributed by atoms with Crippen molar-refractivity contribution >= 4 is 17.8 Å². The second-order valence-electron chi connectivity index (χ2n) is 4.28. The van der Waals surface area contributed by atoms with Gasteiger partial charge in [0, 0.05) is 25.7 Å². The molecule has 0 spiro atoms.